The Morgan fingerprint density at radius 2 is 2.00 bits per heavy atom. The van der Waals surface area contributed by atoms with Crippen LogP contribution in [0.3, 0.4) is 0 Å². The summed E-state index contributed by atoms with van der Waals surface area (Å²) >= 11 is 0. The van der Waals surface area contributed by atoms with E-state index in [4.69, 9.17) is 4.52 Å². The van der Waals surface area contributed by atoms with Crippen LogP contribution in [0.25, 0.3) is 11.1 Å². The summed E-state index contributed by atoms with van der Waals surface area (Å²) in [6, 6.07) is 7.57. The highest BCUT2D eigenvalue weighted by Gasteiger charge is 2.30. The molecule has 0 aromatic carbocycles. The summed E-state index contributed by atoms with van der Waals surface area (Å²) in [6.45, 7) is 7.00. The summed E-state index contributed by atoms with van der Waals surface area (Å²) in [5, 5.41) is 12.4. The number of amides is 1. The van der Waals surface area contributed by atoms with Gasteiger partial charge in [0, 0.05) is 36.3 Å². The Hall–Kier alpha value is -3.55. The smallest absolute Gasteiger partial charge is 0.259 e. The van der Waals surface area contributed by atoms with Gasteiger partial charge in [0.05, 0.1) is 23.2 Å². The molecule has 8 heteroatoms. The minimum absolute atomic E-state index is 0.00154. The van der Waals surface area contributed by atoms with Crippen molar-refractivity contribution in [3.8, 4) is 0 Å². The van der Waals surface area contributed by atoms with E-state index in [9.17, 15) is 4.79 Å². The highest BCUT2D eigenvalue weighted by atomic mass is 16.5. The van der Waals surface area contributed by atoms with Gasteiger partial charge < -0.3 is 9.84 Å². The maximum Gasteiger partial charge on any atom is 0.259 e. The largest absolute Gasteiger partial charge is 0.336 e. The van der Waals surface area contributed by atoms with Crippen molar-refractivity contribution in [2.45, 2.75) is 52.5 Å². The summed E-state index contributed by atoms with van der Waals surface area (Å²) in [5.74, 6) is 0.657. The first-order chi connectivity index (χ1) is 15.4. The molecule has 0 aliphatic heterocycles. The van der Waals surface area contributed by atoms with Gasteiger partial charge in [-0.3, -0.25) is 14.5 Å². The molecule has 0 spiro atoms. The molecule has 4 aromatic rings. The van der Waals surface area contributed by atoms with Crippen LogP contribution in [-0.4, -0.2) is 30.8 Å². The topological polar surface area (TPSA) is 98.7 Å². The van der Waals surface area contributed by atoms with Crippen molar-refractivity contribution in [1.29, 1.82) is 0 Å². The van der Waals surface area contributed by atoms with Crippen LogP contribution in [0.4, 0.5) is 5.82 Å². The molecule has 1 fully saturated rings. The van der Waals surface area contributed by atoms with Crippen LogP contribution < -0.4 is 5.32 Å². The first-order valence-corrected chi connectivity index (χ1v) is 10.9. The fraction of sp³-hybridized carbons (Fsp3) is 0.375. The fourth-order valence-electron chi connectivity index (χ4n) is 3.80. The third kappa shape index (κ3) is 4.39. The number of nitrogens with zero attached hydrogens (tertiary/aromatic N) is 5. The van der Waals surface area contributed by atoms with Gasteiger partial charge in [0.15, 0.2) is 5.82 Å². The van der Waals surface area contributed by atoms with Gasteiger partial charge >= 0.3 is 0 Å². The molecule has 8 nitrogen and oxygen atoms in total. The quantitative estimate of drug-likeness (QED) is 0.481. The van der Waals surface area contributed by atoms with E-state index in [1.54, 1.807) is 23.1 Å². The Labute approximate surface area is 186 Å². The molecule has 1 saturated carbocycles. The lowest BCUT2D eigenvalue weighted by atomic mass is 9.89. The van der Waals surface area contributed by atoms with Crippen molar-refractivity contribution in [3.05, 3.63) is 65.4 Å². The van der Waals surface area contributed by atoms with Gasteiger partial charge in [-0.1, -0.05) is 25.9 Å². The van der Waals surface area contributed by atoms with Crippen molar-refractivity contribution >= 4 is 22.8 Å². The monoisotopic (exact) mass is 430 g/mol. The first kappa shape index (κ1) is 20.4. The molecule has 4 heterocycles. The molecule has 5 rings (SSSR count). The van der Waals surface area contributed by atoms with Crippen molar-refractivity contribution in [3.63, 3.8) is 0 Å². The molecular formula is C24H26N6O2. The number of carbonyl (C=O) groups is 1. The van der Waals surface area contributed by atoms with E-state index >= 15 is 0 Å². The summed E-state index contributed by atoms with van der Waals surface area (Å²) in [4.78, 5) is 22.0. The number of rotatable bonds is 6. The predicted octanol–water partition coefficient (Wildman–Crippen LogP) is 4.58. The summed E-state index contributed by atoms with van der Waals surface area (Å²) in [5.41, 5.74) is 3.71. The number of nitrogens with one attached hydrogen (secondary N) is 1. The zero-order valence-corrected chi connectivity index (χ0v) is 18.5. The van der Waals surface area contributed by atoms with Gasteiger partial charge in [-0.05, 0) is 48.4 Å². The van der Waals surface area contributed by atoms with Gasteiger partial charge in [-0.15, -0.1) is 0 Å². The minimum Gasteiger partial charge on any atom is -0.336 e. The van der Waals surface area contributed by atoms with E-state index < -0.39 is 0 Å². The Bertz CT molecular complexity index is 1260. The van der Waals surface area contributed by atoms with Gasteiger partial charge in [-0.2, -0.15) is 5.10 Å². The maximum atomic E-state index is 13.3. The normalized spacial score (nSPS) is 14.1. The Morgan fingerprint density at radius 3 is 2.72 bits per heavy atom. The van der Waals surface area contributed by atoms with Crippen LogP contribution in [0.1, 0.15) is 66.8 Å². The van der Waals surface area contributed by atoms with Crippen LogP contribution >= 0.6 is 0 Å². The van der Waals surface area contributed by atoms with Gasteiger partial charge in [0.2, 0.25) is 0 Å². The Morgan fingerprint density at radius 1 is 1.22 bits per heavy atom. The molecule has 0 saturated heterocycles. The zero-order valence-electron chi connectivity index (χ0n) is 18.5. The molecule has 164 valence electrons. The van der Waals surface area contributed by atoms with Gasteiger partial charge in [-0.25, -0.2) is 4.98 Å². The molecule has 32 heavy (non-hydrogen) atoms. The standard InChI is InChI=1S/C24H26N6O2/c1-24(2,3)13-19-21-17(12-18(16-4-5-16)26-23(21)32-29-19)22(31)27-20-8-11-30(28-20)14-15-6-9-25-10-7-15/h6-12,16H,4-5,13-14H2,1-3H3,(H,27,28,31). The second-order valence-electron chi connectivity index (χ2n) is 9.62. The predicted molar refractivity (Wildman–Crippen MR) is 120 cm³/mol. The molecule has 1 aliphatic rings. The second-order valence-corrected chi connectivity index (χ2v) is 9.62. The summed E-state index contributed by atoms with van der Waals surface area (Å²) < 4.78 is 7.34. The van der Waals surface area contributed by atoms with E-state index in [0.717, 1.165) is 29.8 Å². The average Bonchev–Trinajstić information content (AvgIpc) is 3.40. The molecule has 0 bridgehead atoms. The maximum absolute atomic E-state index is 13.3. The van der Waals surface area contributed by atoms with Crippen LogP contribution in [-0.2, 0) is 13.0 Å². The molecule has 4 aromatic heterocycles. The SMILES string of the molecule is CC(C)(C)Cc1noc2nc(C3CC3)cc(C(=O)Nc3ccn(Cc4ccncc4)n3)c12. The number of hydrogen-bond acceptors (Lipinski definition) is 6. The lowest BCUT2D eigenvalue weighted by Crippen LogP contribution is -2.16. The Balaban J connectivity index is 1.44. The number of aromatic nitrogens is 5. The van der Waals surface area contributed by atoms with Crippen molar-refractivity contribution in [2.75, 3.05) is 5.32 Å². The molecule has 0 atom stereocenters. The van der Waals surface area contributed by atoms with E-state index in [2.05, 4.69) is 46.3 Å². The highest BCUT2D eigenvalue weighted by Crippen LogP contribution is 2.41. The molecule has 0 unspecified atom stereocenters. The van der Waals surface area contributed by atoms with E-state index in [1.807, 2.05) is 24.4 Å². The number of anilines is 1. The lowest BCUT2D eigenvalue weighted by molar-refractivity contribution is 0.102. The average molecular weight is 431 g/mol. The molecule has 1 amide bonds. The van der Waals surface area contributed by atoms with Crippen LogP contribution in [0, 0.1) is 5.41 Å². The van der Waals surface area contributed by atoms with Gasteiger partial charge in [0.25, 0.3) is 11.6 Å². The number of hydrogen-bond donors (Lipinski definition) is 1. The lowest BCUT2D eigenvalue weighted by Gasteiger charge is -2.16. The summed E-state index contributed by atoms with van der Waals surface area (Å²) in [7, 11) is 0. The number of fused-ring (bicyclic) bond motifs is 1. The molecule has 0 radical (unpaired) electrons. The second kappa shape index (κ2) is 7.85. The zero-order chi connectivity index (χ0) is 22.3. The third-order valence-corrected chi connectivity index (χ3v) is 5.45. The van der Waals surface area contributed by atoms with Crippen LogP contribution in [0.2, 0.25) is 0 Å². The summed E-state index contributed by atoms with van der Waals surface area (Å²) in [6.07, 6.45) is 8.21. The fourth-order valence-corrected chi connectivity index (χ4v) is 3.80. The van der Waals surface area contributed by atoms with E-state index in [1.165, 1.54) is 0 Å². The number of pyridine rings is 2. The van der Waals surface area contributed by atoms with Crippen LogP contribution in [0.5, 0.6) is 0 Å². The van der Waals surface area contributed by atoms with Crippen molar-refractivity contribution in [2.24, 2.45) is 5.41 Å². The van der Waals surface area contributed by atoms with Crippen LogP contribution in [0.15, 0.2) is 47.4 Å². The molecular weight excluding hydrogens is 404 g/mol. The minimum atomic E-state index is -0.230. The molecule has 1 N–H and O–H groups in total. The van der Waals surface area contributed by atoms with Crippen molar-refractivity contribution in [1.82, 2.24) is 24.9 Å². The highest BCUT2D eigenvalue weighted by molar-refractivity contribution is 6.12. The Kier molecular flexibility index (Phi) is 5.00. The van der Waals surface area contributed by atoms with Crippen molar-refractivity contribution < 1.29 is 9.32 Å². The molecule has 1 aliphatic carbocycles. The number of carbonyl (C=O) groups excluding carboxylic acids is 1. The van der Waals surface area contributed by atoms with Gasteiger partial charge in [0.1, 0.15) is 0 Å². The third-order valence-electron chi connectivity index (χ3n) is 5.45. The first-order valence-electron chi connectivity index (χ1n) is 10.9. The van der Waals surface area contributed by atoms with E-state index in [0.29, 0.717) is 41.4 Å². The van der Waals surface area contributed by atoms with E-state index in [-0.39, 0.29) is 11.3 Å².